The highest BCUT2D eigenvalue weighted by atomic mass is 32.1. The van der Waals surface area contributed by atoms with E-state index in [0.29, 0.717) is 6.04 Å². The van der Waals surface area contributed by atoms with Gasteiger partial charge in [0.1, 0.15) is 0 Å². The summed E-state index contributed by atoms with van der Waals surface area (Å²) in [6.07, 6.45) is 4.38. The predicted octanol–water partition coefficient (Wildman–Crippen LogP) is 3.70. The molecular weight excluding hydrogens is 292 g/mol. The molecule has 2 N–H and O–H groups in total. The second-order valence-electron chi connectivity index (χ2n) is 6.02. The molecule has 4 rings (SSSR count). The summed E-state index contributed by atoms with van der Waals surface area (Å²) < 4.78 is 0. The van der Waals surface area contributed by atoms with E-state index in [1.54, 1.807) is 11.3 Å². The van der Waals surface area contributed by atoms with Crippen LogP contribution < -0.4 is 5.32 Å². The van der Waals surface area contributed by atoms with Crippen molar-refractivity contribution < 1.29 is 0 Å². The van der Waals surface area contributed by atoms with Gasteiger partial charge in [-0.15, -0.1) is 0 Å². The lowest BCUT2D eigenvalue weighted by Crippen LogP contribution is -2.41. The number of rotatable bonds is 4. The number of nitrogens with one attached hydrogen (secondary N) is 2. The van der Waals surface area contributed by atoms with Gasteiger partial charge in [0.25, 0.3) is 0 Å². The first-order chi connectivity index (χ1) is 10.9. The summed E-state index contributed by atoms with van der Waals surface area (Å²) in [5, 5.41) is 16.4. The number of fused-ring (bicyclic) bond motifs is 1. The zero-order valence-corrected chi connectivity index (χ0v) is 13.3. The Morgan fingerprint density at radius 1 is 1.36 bits per heavy atom. The third-order valence-corrected chi connectivity index (χ3v) is 5.03. The minimum absolute atomic E-state index is 0.525. The van der Waals surface area contributed by atoms with Crippen LogP contribution in [0.2, 0.25) is 0 Å². The average Bonchev–Trinajstić information content (AvgIpc) is 3.18. The Hall–Kier alpha value is -1.85. The summed E-state index contributed by atoms with van der Waals surface area (Å²) >= 11 is 1.78. The van der Waals surface area contributed by atoms with Crippen LogP contribution in [0.1, 0.15) is 18.4 Å². The smallest absolute Gasteiger partial charge is 0.0651 e. The SMILES string of the molecule is c1cc(CN2CCC[C@H](Nc3ccc4[nH]ncc4c3)C2)cs1. The van der Waals surface area contributed by atoms with E-state index in [-0.39, 0.29) is 0 Å². The molecule has 3 aromatic rings. The van der Waals surface area contributed by atoms with Crippen molar-refractivity contribution in [2.75, 3.05) is 18.4 Å². The molecule has 114 valence electrons. The van der Waals surface area contributed by atoms with Gasteiger partial charge in [-0.25, -0.2) is 0 Å². The Kier molecular flexibility index (Phi) is 3.83. The number of likely N-dealkylation sites (tertiary alicyclic amines) is 1. The van der Waals surface area contributed by atoms with Crippen molar-refractivity contribution in [1.29, 1.82) is 0 Å². The van der Waals surface area contributed by atoms with E-state index in [9.17, 15) is 0 Å². The van der Waals surface area contributed by atoms with E-state index in [2.05, 4.69) is 55.4 Å². The Morgan fingerprint density at radius 3 is 3.27 bits per heavy atom. The van der Waals surface area contributed by atoms with E-state index in [0.717, 1.165) is 24.0 Å². The van der Waals surface area contributed by atoms with Crippen molar-refractivity contribution in [2.24, 2.45) is 0 Å². The van der Waals surface area contributed by atoms with Crippen LogP contribution in [-0.2, 0) is 6.54 Å². The summed E-state index contributed by atoms with van der Waals surface area (Å²) in [5.74, 6) is 0. The van der Waals surface area contributed by atoms with Crippen molar-refractivity contribution in [3.8, 4) is 0 Å². The highest BCUT2D eigenvalue weighted by molar-refractivity contribution is 7.07. The Labute approximate surface area is 134 Å². The quantitative estimate of drug-likeness (QED) is 0.772. The number of thiophene rings is 1. The number of anilines is 1. The molecule has 0 aliphatic carbocycles. The molecule has 1 aromatic carbocycles. The molecule has 0 radical (unpaired) electrons. The lowest BCUT2D eigenvalue weighted by atomic mass is 10.0. The van der Waals surface area contributed by atoms with Crippen molar-refractivity contribution in [3.63, 3.8) is 0 Å². The minimum atomic E-state index is 0.525. The highest BCUT2D eigenvalue weighted by Gasteiger charge is 2.20. The van der Waals surface area contributed by atoms with Crippen molar-refractivity contribution in [2.45, 2.75) is 25.4 Å². The molecule has 0 saturated carbocycles. The zero-order chi connectivity index (χ0) is 14.8. The Balaban J connectivity index is 1.41. The first-order valence-electron chi connectivity index (χ1n) is 7.80. The van der Waals surface area contributed by atoms with Gasteiger partial charge in [-0.1, -0.05) is 0 Å². The molecule has 3 heterocycles. The van der Waals surface area contributed by atoms with Gasteiger partial charge < -0.3 is 5.32 Å². The molecule has 4 nitrogen and oxygen atoms in total. The predicted molar refractivity (Wildman–Crippen MR) is 92.3 cm³/mol. The number of nitrogens with zero attached hydrogens (tertiary/aromatic N) is 2. The maximum absolute atomic E-state index is 4.08. The van der Waals surface area contributed by atoms with Crippen LogP contribution in [0.4, 0.5) is 5.69 Å². The fourth-order valence-electron chi connectivity index (χ4n) is 3.23. The number of hydrogen-bond acceptors (Lipinski definition) is 4. The fourth-order valence-corrected chi connectivity index (χ4v) is 3.89. The normalized spacial score (nSPS) is 19.5. The standard InChI is InChI=1S/C17H20N4S/c1-2-16(11-21(6-1)10-13-5-7-22-12-13)19-15-3-4-17-14(8-15)9-18-20-17/h3-5,7-9,12,16,19H,1-2,6,10-11H2,(H,18,20)/t16-/m0/s1. The van der Waals surface area contributed by atoms with Gasteiger partial charge in [0.05, 0.1) is 11.7 Å². The van der Waals surface area contributed by atoms with Crippen LogP contribution in [0, 0.1) is 0 Å². The molecule has 1 aliphatic rings. The van der Waals surface area contributed by atoms with Crippen molar-refractivity contribution in [3.05, 3.63) is 46.8 Å². The molecule has 0 unspecified atom stereocenters. The largest absolute Gasteiger partial charge is 0.381 e. The van der Waals surface area contributed by atoms with Gasteiger partial charge in [0.2, 0.25) is 0 Å². The van der Waals surface area contributed by atoms with Gasteiger partial charge in [-0.3, -0.25) is 10.00 Å². The second kappa shape index (κ2) is 6.10. The Morgan fingerprint density at radius 2 is 2.36 bits per heavy atom. The Bertz CT molecular complexity index is 734. The first-order valence-corrected chi connectivity index (χ1v) is 8.74. The van der Waals surface area contributed by atoms with Gasteiger partial charge in [-0.05, 0) is 60.0 Å². The van der Waals surface area contributed by atoms with E-state index in [1.165, 1.54) is 30.6 Å². The summed E-state index contributed by atoms with van der Waals surface area (Å²) in [6, 6.07) is 9.16. The molecule has 1 atom stereocenters. The third kappa shape index (κ3) is 3.00. The van der Waals surface area contributed by atoms with Crippen molar-refractivity contribution in [1.82, 2.24) is 15.1 Å². The number of piperidine rings is 1. The molecule has 0 bridgehead atoms. The van der Waals surface area contributed by atoms with Crippen LogP contribution in [0.25, 0.3) is 10.9 Å². The molecule has 0 spiro atoms. The van der Waals surface area contributed by atoms with E-state index in [1.807, 2.05) is 6.20 Å². The molecule has 22 heavy (non-hydrogen) atoms. The number of hydrogen-bond donors (Lipinski definition) is 2. The molecule has 2 aromatic heterocycles. The molecule has 5 heteroatoms. The summed E-state index contributed by atoms with van der Waals surface area (Å²) in [5.41, 5.74) is 3.72. The number of benzene rings is 1. The van der Waals surface area contributed by atoms with Crippen LogP contribution >= 0.6 is 11.3 Å². The van der Waals surface area contributed by atoms with E-state index in [4.69, 9.17) is 0 Å². The highest BCUT2D eigenvalue weighted by Crippen LogP contribution is 2.21. The van der Waals surface area contributed by atoms with Gasteiger partial charge in [0, 0.05) is 30.2 Å². The first kappa shape index (κ1) is 13.8. The topological polar surface area (TPSA) is 44.0 Å². The maximum Gasteiger partial charge on any atom is 0.0651 e. The molecule has 1 fully saturated rings. The lowest BCUT2D eigenvalue weighted by molar-refractivity contribution is 0.209. The zero-order valence-electron chi connectivity index (χ0n) is 12.5. The van der Waals surface area contributed by atoms with Crippen molar-refractivity contribution >= 4 is 27.9 Å². The fraction of sp³-hybridized carbons (Fsp3) is 0.353. The lowest BCUT2D eigenvalue weighted by Gasteiger charge is -2.33. The summed E-state index contributed by atoms with van der Waals surface area (Å²) in [4.78, 5) is 2.56. The monoisotopic (exact) mass is 312 g/mol. The van der Waals surface area contributed by atoms with Gasteiger partial charge >= 0.3 is 0 Å². The van der Waals surface area contributed by atoms with Crippen LogP contribution in [0.15, 0.2) is 41.2 Å². The molecule has 1 saturated heterocycles. The summed E-state index contributed by atoms with van der Waals surface area (Å²) in [6.45, 7) is 3.39. The number of aromatic nitrogens is 2. The van der Waals surface area contributed by atoms with E-state index >= 15 is 0 Å². The molecular formula is C17H20N4S. The third-order valence-electron chi connectivity index (χ3n) is 4.30. The van der Waals surface area contributed by atoms with Crippen LogP contribution in [-0.4, -0.2) is 34.2 Å². The van der Waals surface area contributed by atoms with Crippen LogP contribution in [0.5, 0.6) is 0 Å². The maximum atomic E-state index is 4.08. The van der Waals surface area contributed by atoms with Gasteiger partial charge in [0.15, 0.2) is 0 Å². The molecule has 1 aliphatic heterocycles. The molecule has 0 amide bonds. The number of H-pyrrole nitrogens is 1. The van der Waals surface area contributed by atoms with E-state index < -0.39 is 0 Å². The average molecular weight is 312 g/mol. The number of aromatic amines is 1. The van der Waals surface area contributed by atoms with Gasteiger partial charge in [-0.2, -0.15) is 16.4 Å². The summed E-state index contributed by atoms with van der Waals surface area (Å²) in [7, 11) is 0. The minimum Gasteiger partial charge on any atom is -0.381 e. The van der Waals surface area contributed by atoms with Crippen LogP contribution in [0.3, 0.4) is 0 Å². The second-order valence-corrected chi connectivity index (χ2v) is 6.80.